The standard InChI is InChI=1S/C12H16ClN3O3S/c1-9(17)15-10-4-6-16(7-5-10)20(18,19)11-2-3-12(13)14-8-11/h2-3,8,10H,4-7H2,1H3,(H,15,17). The molecule has 110 valence electrons. The lowest BCUT2D eigenvalue weighted by molar-refractivity contribution is -0.119. The van der Waals surface area contributed by atoms with E-state index < -0.39 is 10.0 Å². The molecule has 0 spiro atoms. The van der Waals surface area contributed by atoms with E-state index in [0.717, 1.165) is 0 Å². The summed E-state index contributed by atoms with van der Waals surface area (Å²) in [5.74, 6) is -0.0896. The van der Waals surface area contributed by atoms with E-state index in [2.05, 4.69) is 10.3 Å². The van der Waals surface area contributed by atoms with Crippen LogP contribution in [-0.4, -0.2) is 42.7 Å². The minimum Gasteiger partial charge on any atom is -0.354 e. The first-order chi connectivity index (χ1) is 9.39. The normalized spacial score (nSPS) is 17.9. The summed E-state index contributed by atoms with van der Waals surface area (Å²) in [7, 11) is -3.53. The van der Waals surface area contributed by atoms with Gasteiger partial charge in [0.2, 0.25) is 15.9 Å². The summed E-state index contributed by atoms with van der Waals surface area (Å²) >= 11 is 5.66. The lowest BCUT2D eigenvalue weighted by atomic mass is 10.1. The van der Waals surface area contributed by atoms with Gasteiger partial charge in [0.25, 0.3) is 0 Å². The summed E-state index contributed by atoms with van der Waals surface area (Å²) in [6.45, 7) is 2.23. The minimum absolute atomic E-state index is 0.0438. The van der Waals surface area contributed by atoms with Crippen molar-refractivity contribution >= 4 is 27.5 Å². The summed E-state index contributed by atoms with van der Waals surface area (Å²) in [6, 6.07) is 2.95. The third kappa shape index (κ3) is 3.47. The molecule has 6 nitrogen and oxygen atoms in total. The van der Waals surface area contributed by atoms with Gasteiger partial charge in [-0.2, -0.15) is 4.31 Å². The van der Waals surface area contributed by atoms with Crippen molar-refractivity contribution in [1.29, 1.82) is 0 Å². The van der Waals surface area contributed by atoms with E-state index in [1.807, 2.05) is 0 Å². The van der Waals surface area contributed by atoms with Gasteiger partial charge in [-0.05, 0) is 25.0 Å². The van der Waals surface area contributed by atoms with Gasteiger partial charge < -0.3 is 5.32 Å². The van der Waals surface area contributed by atoms with Crippen molar-refractivity contribution in [2.24, 2.45) is 0 Å². The molecule has 1 N–H and O–H groups in total. The second-order valence-electron chi connectivity index (χ2n) is 4.70. The number of carbonyl (C=O) groups is 1. The van der Waals surface area contributed by atoms with E-state index >= 15 is 0 Å². The summed E-state index contributed by atoms with van der Waals surface area (Å²) in [6.07, 6.45) is 2.48. The largest absolute Gasteiger partial charge is 0.354 e. The molecule has 0 aromatic carbocycles. The van der Waals surface area contributed by atoms with Gasteiger partial charge in [0.05, 0.1) is 0 Å². The lowest BCUT2D eigenvalue weighted by Crippen LogP contribution is -2.46. The Morgan fingerprint density at radius 2 is 2.05 bits per heavy atom. The van der Waals surface area contributed by atoms with Gasteiger partial charge in [-0.25, -0.2) is 13.4 Å². The fourth-order valence-electron chi connectivity index (χ4n) is 2.19. The maximum atomic E-state index is 12.4. The highest BCUT2D eigenvalue weighted by molar-refractivity contribution is 7.89. The maximum Gasteiger partial charge on any atom is 0.244 e. The number of piperidine rings is 1. The van der Waals surface area contributed by atoms with Gasteiger partial charge in [-0.15, -0.1) is 0 Å². The fraction of sp³-hybridized carbons (Fsp3) is 0.500. The number of hydrogen-bond acceptors (Lipinski definition) is 4. The number of halogens is 1. The summed E-state index contributed by atoms with van der Waals surface area (Å²) in [5.41, 5.74) is 0. The first-order valence-electron chi connectivity index (χ1n) is 6.28. The molecule has 1 saturated heterocycles. The summed E-state index contributed by atoms with van der Waals surface area (Å²) in [5, 5.41) is 3.07. The van der Waals surface area contributed by atoms with Crippen molar-refractivity contribution in [3.05, 3.63) is 23.5 Å². The molecule has 0 unspecified atom stereocenters. The SMILES string of the molecule is CC(=O)NC1CCN(S(=O)(=O)c2ccc(Cl)nc2)CC1. The Bertz CT molecular complexity index is 580. The molecule has 1 aromatic rings. The molecule has 1 aromatic heterocycles. The van der Waals surface area contributed by atoms with Crippen LogP contribution in [0.1, 0.15) is 19.8 Å². The predicted octanol–water partition coefficient (Wildman–Crippen LogP) is 1.02. The molecule has 0 radical (unpaired) electrons. The Morgan fingerprint density at radius 3 is 2.55 bits per heavy atom. The molecule has 2 heterocycles. The van der Waals surface area contributed by atoms with Gasteiger partial charge in [0.1, 0.15) is 10.0 Å². The quantitative estimate of drug-likeness (QED) is 0.844. The second-order valence-corrected chi connectivity index (χ2v) is 7.02. The van der Waals surface area contributed by atoms with Gasteiger partial charge in [0, 0.05) is 32.3 Å². The van der Waals surface area contributed by atoms with E-state index in [0.29, 0.717) is 25.9 Å². The van der Waals surface area contributed by atoms with Crippen LogP contribution >= 0.6 is 11.6 Å². The molecular weight excluding hydrogens is 302 g/mol. The van der Waals surface area contributed by atoms with Crippen LogP contribution in [0.4, 0.5) is 0 Å². The van der Waals surface area contributed by atoms with Crippen LogP contribution in [0.3, 0.4) is 0 Å². The highest BCUT2D eigenvalue weighted by Crippen LogP contribution is 2.21. The molecule has 0 aliphatic carbocycles. The molecule has 1 aliphatic rings. The van der Waals surface area contributed by atoms with Crippen LogP contribution < -0.4 is 5.32 Å². The van der Waals surface area contributed by atoms with Crippen molar-refractivity contribution in [1.82, 2.24) is 14.6 Å². The number of pyridine rings is 1. The van der Waals surface area contributed by atoms with Crippen molar-refractivity contribution in [3.63, 3.8) is 0 Å². The number of rotatable bonds is 3. The van der Waals surface area contributed by atoms with Gasteiger partial charge in [-0.3, -0.25) is 4.79 Å². The topological polar surface area (TPSA) is 79.4 Å². The van der Waals surface area contributed by atoms with Gasteiger partial charge in [-0.1, -0.05) is 11.6 Å². The number of aromatic nitrogens is 1. The van der Waals surface area contributed by atoms with Crippen LogP contribution in [0.5, 0.6) is 0 Å². The Kier molecular flexibility index (Phi) is 4.62. The zero-order valence-electron chi connectivity index (χ0n) is 11.0. The van der Waals surface area contributed by atoms with E-state index in [1.165, 1.54) is 29.6 Å². The van der Waals surface area contributed by atoms with Crippen molar-refractivity contribution in [2.45, 2.75) is 30.7 Å². The highest BCUT2D eigenvalue weighted by Gasteiger charge is 2.29. The number of nitrogens with one attached hydrogen (secondary N) is 1. The molecule has 1 aliphatic heterocycles. The molecule has 0 saturated carbocycles. The molecule has 0 atom stereocenters. The van der Waals surface area contributed by atoms with E-state index in [9.17, 15) is 13.2 Å². The summed E-state index contributed by atoms with van der Waals surface area (Å²) < 4.78 is 26.2. The zero-order chi connectivity index (χ0) is 14.8. The molecule has 8 heteroatoms. The van der Waals surface area contributed by atoms with Gasteiger partial charge >= 0.3 is 0 Å². The molecule has 0 bridgehead atoms. The number of hydrogen-bond donors (Lipinski definition) is 1. The molecule has 1 fully saturated rings. The Balaban J connectivity index is 2.05. The Hall–Kier alpha value is -1.18. The van der Waals surface area contributed by atoms with Crippen LogP contribution in [0, 0.1) is 0 Å². The number of carbonyl (C=O) groups excluding carboxylic acids is 1. The predicted molar refractivity (Wildman–Crippen MR) is 74.8 cm³/mol. The van der Waals surface area contributed by atoms with Crippen molar-refractivity contribution in [2.75, 3.05) is 13.1 Å². The Morgan fingerprint density at radius 1 is 1.40 bits per heavy atom. The van der Waals surface area contributed by atoms with Crippen LogP contribution in [0.15, 0.2) is 23.2 Å². The summed E-state index contributed by atoms with van der Waals surface area (Å²) in [4.78, 5) is 14.9. The number of amides is 1. The average Bonchev–Trinajstić information content (AvgIpc) is 2.39. The van der Waals surface area contributed by atoms with Crippen LogP contribution in [0.25, 0.3) is 0 Å². The van der Waals surface area contributed by atoms with E-state index in [4.69, 9.17) is 11.6 Å². The van der Waals surface area contributed by atoms with Crippen LogP contribution in [-0.2, 0) is 14.8 Å². The smallest absolute Gasteiger partial charge is 0.244 e. The first-order valence-corrected chi connectivity index (χ1v) is 8.10. The van der Waals surface area contributed by atoms with Crippen LogP contribution in [0.2, 0.25) is 5.15 Å². The molecule has 20 heavy (non-hydrogen) atoms. The third-order valence-electron chi connectivity index (χ3n) is 3.20. The fourth-order valence-corrected chi connectivity index (χ4v) is 3.72. The highest BCUT2D eigenvalue weighted by atomic mass is 35.5. The van der Waals surface area contributed by atoms with Gasteiger partial charge in [0.15, 0.2) is 0 Å². The first kappa shape index (κ1) is 15.2. The average molecular weight is 318 g/mol. The number of nitrogens with zero attached hydrogens (tertiary/aromatic N) is 2. The minimum atomic E-state index is -3.53. The Labute approximate surface area is 123 Å². The molecular formula is C12H16ClN3O3S. The van der Waals surface area contributed by atoms with E-state index in [1.54, 1.807) is 0 Å². The zero-order valence-corrected chi connectivity index (χ0v) is 12.6. The van der Waals surface area contributed by atoms with Crippen molar-refractivity contribution in [3.8, 4) is 0 Å². The maximum absolute atomic E-state index is 12.4. The molecule has 1 amide bonds. The second kappa shape index (κ2) is 6.07. The molecule has 2 rings (SSSR count). The van der Waals surface area contributed by atoms with E-state index in [-0.39, 0.29) is 22.0 Å². The third-order valence-corrected chi connectivity index (χ3v) is 5.31. The number of sulfonamides is 1. The monoisotopic (exact) mass is 317 g/mol. The van der Waals surface area contributed by atoms with Crippen molar-refractivity contribution < 1.29 is 13.2 Å². The lowest BCUT2D eigenvalue weighted by Gasteiger charge is -2.31.